The highest BCUT2D eigenvalue weighted by molar-refractivity contribution is 5.87. The van der Waals surface area contributed by atoms with Crippen molar-refractivity contribution in [3.63, 3.8) is 0 Å². The van der Waals surface area contributed by atoms with Crippen LogP contribution in [0.3, 0.4) is 0 Å². The minimum atomic E-state index is 0. The predicted molar refractivity (Wildman–Crippen MR) is 76.0 cm³/mol. The topological polar surface area (TPSA) is 47.3 Å². The molecule has 94 valence electrons. The summed E-state index contributed by atoms with van der Waals surface area (Å²) < 4.78 is 5.31. The van der Waals surface area contributed by atoms with E-state index in [1.807, 2.05) is 24.3 Å². The molecule has 3 N–H and O–H groups in total. The lowest BCUT2D eigenvalue weighted by Crippen LogP contribution is -2.21. The Morgan fingerprint density at radius 1 is 1.12 bits per heavy atom. The summed E-state index contributed by atoms with van der Waals surface area (Å²) in [6, 6.07) is 12.2. The molecule has 0 unspecified atom stereocenters. The number of halogens is 2. The van der Waals surface area contributed by atoms with E-state index >= 15 is 0 Å². The van der Waals surface area contributed by atoms with E-state index in [0.717, 1.165) is 11.3 Å². The van der Waals surface area contributed by atoms with Gasteiger partial charge in [0.15, 0.2) is 0 Å². The third-order valence-electron chi connectivity index (χ3n) is 2.50. The lowest BCUT2D eigenvalue weighted by Gasteiger charge is -2.11. The minimum Gasteiger partial charge on any atom is -0.496 e. The van der Waals surface area contributed by atoms with Gasteiger partial charge in [-0.3, -0.25) is 11.3 Å². The maximum atomic E-state index is 5.37. The predicted octanol–water partition coefficient (Wildman–Crippen LogP) is 2.66. The molecule has 3 nitrogen and oxygen atoms in total. The number of nitrogens with two attached hydrogens (primary N) is 1. The van der Waals surface area contributed by atoms with E-state index in [-0.39, 0.29) is 24.8 Å². The van der Waals surface area contributed by atoms with Gasteiger partial charge in [-0.1, -0.05) is 30.3 Å². The van der Waals surface area contributed by atoms with Crippen molar-refractivity contribution in [3.05, 3.63) is 42.0 Å². The summed E-state index contributed by atoms with van der Waals surface area (Å²) >= 11 is 0. The van der Waals surface area contributed by atoms with Crippen molar-refractivity contribution in [2.45, 2.75) is 6.54 Å². The Kier molecular flexibility index (Phi) is 6.92. The summed E-state index contributed by atoms with van der Waals surface area (Å²) in [7, 11) is 1.67. The van der Waals surface area contributed by atoms with E-state index in [9.17, 15) is 0 Å². The molecule has 0 aliphatic carbocycles. The van der Waals surface area contributed by atoms with Crippen LogP contribution >= 0.6 is 24.8 Å². The minimum absolute atomic E-state index is 0. The van der Waals surface area contributed by atoms with E-state index in [1.54, 1.807) is 7.11 Å². The molecule has 0 saturated carbocycles. The van der Waals surface area contributed by atoms with Gasteiger partial charge >= 0.3 is 0 Å². The molecule has 5 heteroatoms. The normalized spacial score (nSPS) is 9.29. The van der Waals surface area contributed by atoms with Crippen LogP contribution in [-0.2, 0) is 6.54 Å². The molecule has 0 radical (unpaired) electrons. The molecule has 0 aliphatic heterocycles. The first-order chi connectivity index (χ1) is 7.36. The average Bonchev–Trinajstić information content (AvgIpc) is 2.30. The number of benzene rings is 2. The van der Waals surface area contributed by atoms with Gasteiger partial charge < -0.3 is 4.74 Å². The summed E-state index contributed by atoms with van der Waals surface area (Å²) in [5, 5.41) is 2.37. The summed E-state index contributed by atoms with van der Waals surface area (Å²) in [5.74, 6) is 6.24. The number of fused-ring (bicyclic) bond motifs is 1. The van der Waals surface area contributed by atoms with Crippen LogP contribution in [0.5, 0.6) is 5.75 Å². The molecule has 2 aromatic carbocycles. The largest absolute Gasteiger partial charge is 0.496 e. The fourth-order valence-electron chi connectivity index (χ4n) is 1.79. The number of methoxy groups -OCH3 is 1. The van der Waals surface area contributed by atoms with Gasteiger partial charge in [0, 0.05) is 12.1 Å². The monoisotopic (exact) mass is 274 g/mol. The van der Waals surface area contributed by atoms with Gasteiger partial charge in [0.2, 0.25) is 0 Å². The number of hydrogen-bond donors (Lipinski definition) is 2. The molecule has 0 aliphatic rings. The molecule has 0 spiro atoms. The first-order valence-corrected chi connectivity index (χ1v) is 4.85. The third-order valence-corrected chi connectivity index (χ3v) is 2.50. The van der Waals surface area contributed by atoms with Gasteiger partial charge in [-0.25, -0.2) is 0 Å². The van der Waals surface area contributed by atoms with Crippen molar-refractivity contribution < 1.29 is 4.74 Å². The quantitative estimate of drug-likeness (QED) is 0.668. The second-order valence-corrected chi connectivity index (χ2v) is 3.35. The molecule has 0 bridgehead atoms. The molecule has 0 amide bonds. The van der Waals surface area contributed by atoms with Gasteiger partial charge in [0.05, 0.1) is 7.11 Å². The molecule has 2 rings (SSSR count). The maximum absolute atomic E-state index is 5.37. The van der Waals surface area contributed by atoms with Crippen molar-refractivity contribution in [2.75, 3.05) is 7.11 Å². The van der Waals surface area contributed by atoms with Gasteiger partial charge in [0.1, 0.15) is 5.75 Å². The maximum Gasteiger partial charge on any atom is 0.124 e. The van der Waals surface area contributed by atoms with Crippen LogP contribution in [0.25, 0.3) is 10.8 Å². The fraction of sp³-hybridized carbons (Fsp3) is 0.167. The standard InChI is InChI=1S/C12H14N2O.2ClH/c1-15-12-7-6-9-4-2-3-5-10(9)11(12)8-14-13;;/h2-7,14H,8,13H2,1H3;2*1H. The SMILES string of the molecule is COc1ccc2ccccc2c1CNN.Cl.Cl. The Labute approximate surface area is 113 Å². The first-order valence-electron chi connectivity index (χ1n) is 4.85. The van der Waals surface area contributed by atoms with E-state index in [1.165, 1.54) is 10.8 Å². The zero-order chi connectivity index (χ0) is 10.7. The van der Waals surface area contributed by atoms with Crippen molar-refractivity contribution in [1.29, 1.82) is 0 Å². The summed E-state index contributed by atoms with van der Waals surface area (Å²) in [6.45, 7) is 0.602. The number of ether oxygens (including phenoxy) is 1. The molecule has 0 saturated heterocycles. The smallest absolute Gasteiger partial charge is 0.124 e. The highest BCUT2D eigenvalue weighted by Gasteiger charge is 2.06. The number of rotatable bonds is 3. The van der Waals surface area contributed by atoms with E-state index in [2.05, 4.69) is 17.6 Å². The molecule has 0 aromatic heterocycles. The van der Waals surface area contributed by atoms with Crippen LogP contribution in [0.4, 0.5) is 0 Å². The number of nitrogens with one attached hydrogen (secondary N) is 1. The van der Waals surface area contributed by atoms with Crippen LogP contribution in [0, 0.1) is 0 Å². The Bertz CT molecular complexity index is 477. The van der Waals surface area contributed by atoms with Gasteiger partial charge in [-0.15, -0.1) is 24.8 Å². The van der Waals surface area contributed by atoms with Gasteiger partial charge in [-0.05, 0) is 16.8 Å². The number of hydrogen-bond acceptors (Lipinski definition) is 3. The highest BCUT2D eigenvalue weighted by Crippen LogP contribution is 2.27. The molecular formula is C12H16Cl2N2O. The summed E-state index contributed by atoms with van der Waals surface area (Å²) in [6.07, 6.45) is 0. The zero-order valence-electron chi connectivity index (χ0n) is 9.47. The summed E-state index contributed by atoms with van der Waals surface area (Å²) in [4.78, 5) is 0. The van der Waals surface area contributed by atoms with Crippen LogP contribution < -0.4 is 16.0 Å². The highest BCUT2D eigenvalue weighted by atomic mass is 35.5. The van der Waals surface area contributed by atoms with E-state index < -0.39 is 0 Å². The van der Waals surface area contributed by atoms with Crippen LogP contribution in [-0.4, -0.2) is 7.11 Å². The summed E-state index contributed by atoms with van der Waals surface area (Å²) in [5.41, 5.74) is 3.77. The van der Waals surface area contributed by atoms with Crippen molar-refractivity contribution in [3.8, 4) is 5.75 Å². The van der Waals surface area contributed by atoms with Crippen LogP contribution in [0.15, 0.2) is 36.4 Å². The molecule has 2 aromatic rings. The van der Waals surface area contributed by atoms with Crippen molar-refractivity contribution >= 4 is 35.6 Å². The average molecular weight is 275 g/mol. The van der Waals surface area contributed by atoms with Gasteiger partial charge in [-0.2, -0.15) is 0 Å². The Hall–Kier alpha value is -1.00. The van der Waals surface area contributed by atoms with E-state index in [4.69, 9.17) is 10.6 Å². The molecular weight excluding hydrogens is 259 g/mol. The van der Waals surface area contributed by atoms with Crippen molar-refractivity contribution in [1.82, 2.24) is 5.43 Å². The molecule has 0 atom stereocenters. The lowest BCUT2D eigenvalue weighted by molar-refractivity contribution is 0.409. The number of hydrazine groups is 1. The first kappa shape index (κ1) is 16.0. The van der Waals surface area contributed by atoms with Gasteiger partial charge in [0.25, 0.3) is 0 Å². The Balaban J connectivity index is 0.00000128. The Morgan fingerprint density at radius 2 is 1.82 bits per heavy atom. The third kappa shape index (κ3) is 3.23. The van der Waals surface area contributed by atoms with Crippen LogP contribution in [0.1, 0.15) is 5.56 Å². The second kappa shape index (κ2) is 7.35. The zero-order valence-corrected chi connectivity index (χ0v) is 11.1. The van der Waals surface area contributed by atoms with Crippen LogP contribution in [0.2, 0.25) is 0 Å². The Morgan fingerprint density at radius 3 is 2.47 bits per heavy atom. The lowest BCUT2D eigenvalue weighted by atomic mass is 10.0. The molecule has 17 heavy (non-hydrogen) atoms. The van der Waals surface area contributed by atoms with Crippen molar-refractivity contribution in [2.24, 2.45) is 5.84 Å². The molecule has 0 heterocycles. The van der Waals surface area contributed by atoms with E-state index in [0.29, 0.717) is 6.54 Å². The second-order valence-electron chi connectivity index (χ2n) is 3.35. The molecule has 0 fully saturated rings. The fourth-order valence-corrected chi connectivity index (χ4v) is 1.79.